The molecule has 2 unspecified atom stereocenters. The molecule has 0 spiro atoms. The van der Waals surface area contributed by atoms with Gasteiger partial charge in [-0.15, -0.1) is 0 Å². The Balaban J connectivity index is 2.06. The average molecular weight is 297 g/mol. The van der Waals surface area contributed by atoms with Crippen LogP contribution in [0, 0.1) is 12.8 Å². The lowest BCUT2D eigenvalue weighted by atomic mass is 9.79. The zero-order chi connectivity index (χ0) is 14.8. The summed E-state index contributed by atoms with van der Waals surface area (Å²) in [7, 11) is -3.55. The summed E-state index contributed by atoms with van der Waals surface area (Å²) in [5.74, 6) is 0.442. The van der Waals surface area contributed by atoms with Crippen LogP contribution in [0.4, 0.5) is 0 Å². The number of nitrogens with one attached hydrogen (secondary N) is 1. The van der Waals surface area contributed by atoms with Gasteiger partial charge in [-0.1, -0.05) is 31.9 Å². The van der Waals surface area contributed by atoms with Crippen LogP contribution in [0.1, 0.15) is 38.2 Å². The second-order valence-corrected chi connectivity index (χ2v) is 7.83. The molecule has 1 saturated carbocycles. The van der Waals surface area contributed by atoms with Crippen LogP contribution in [0.2, 0.25) is 0 Å². The Hall–Kier alpha value is -0.910. The summed E-state index contributed by atoms with van der Waals surface area (Å²) < 4.78 is 27.0. The van der Waals surface area contributed by atoms with Crippen molar-refractivity contribution in [3.8, 4) is 0 Å². The summed E-state index contributed by atoms with van der Waals surface area (Å²) in [6.45, 7) is 4.04. The molecule has 1 aromatic carbocycles. The number of hydrogen-bond donors (Lipinski definition) is 2. The monoisotopic (exact) mass is 297 g/mol. The van der Waals surface area contributed by atoms with Crippen molar-refractivity contribution in [2.75, 3.05) is 6.54 Å². The van der Waals surface area contributed by atoms with Crippen molar-refractivity contribution >= 4 is 10.0 Å². The van der Waals surface area contributed by atoms with E-state index in [1.165, 1.54) is 0 Å². The van der Waals surface area contributed by atoms with E-state index >= 15 is 0 Å². The summed E-state index contributed by atoms with van der Waals surface area (Å²) in [6.07, 6.45) is 3.37. The molecule has 0 amide bonds. The fourth-order valence-electron chi connectivity index (χ4n) is 2.89. The molecular formula is C15H23NO3S. The van der Waals surface area contributed by atoms with Gasteiger partial charge >= 0.3 is 0 Å². The van der Waals surface area contributed by atoms with E-state index < -0.39 is 15.6 Å². The molecule has 1 fully saturated rings. The van der Waals surface area contributed by atoms with Gasteiger partial charge in [0.15, 0.2) is 0 Å². The Kier molecular flexibility index (Phi) is 4.52. The fraction of sp³-hybridized carbons (Fsp3) is 0.600. The quantitative estimate of drug-likeness (QED) is 0.895. The van der Waals surface area contributed by atoms with Gasteiger partial charge in [-0.2, -0.15) is 0 Å². The molecule has 1 aliphatic rings. The van der Waals surface area contributed by atoms with Gasteiger partial charge in [-0.3, -0.25) is 0 Å². The van der Waals surface area contributed by atoms with Gasteiger partial charge < -0.3 is 5.11 Å². The second kappa shape index (κ2) is 5.84. The number of aryl methyl sites for hydroxylation is 1. The summed E-state index contributed by atoms with van der Waals surface area (Å²) in [5, 5.41) is 10.5. The summed E-state index contributed by atoms with van der Waals surface area (Å²) in [4.78, 5) is 0.255. The zero-order valence-corrected chi connectivity index (χ0v) is 12.9. The minimum Gasteiger partial charge on any atom is -0.389 e. The second-order valence-electron chi connectivity index (χ2n) is 6.07. The molecule has 2 rings (SSSR count). The minimum atomic E-state index is -3.55. The first-order valence-electron chi connectivity index (χ1n) is 7.09. The third kappa shape index (κ3) is 3.81. The van der Waals surface area contributed by atoms with Crippen LogP contribution in [-0.4, -0.2) is 25.7 Å². The van der Waals surface area contributed by atoms with E-state index in [1.807, 2.05) is 13.0 Å². The fourth-order valence-corrected chi connectivity index (χ4v) is 4.11. The van der Waals surface area contributed by atoms with Crippen molar-refractivity contribution in [2.45, 2.75) is 50.0 Å². The first-order valence-corrected chi connectivity index (χ1v) is 8.58. The number of benzene rings is 1. The van der Waals surface area contributed by atoms with Gasteiger partial charge in [0.05, 0.1) is 10.5 Å². The van der Waals surface area contributed by atoms with Gasteiger partial charge in [0.1, 0.15) is 0 Å². The molecule has 1 aliphatic carbocycles. The smallest absolute Gasteiger partial charge is 0.240 e. The maximum Gasteiger partial charge on any atom is 0.240 e. The maximum atomic E-state index is 12.2. The Morgan fingerprint density at radius 3 is 2.85 bits per heavy atom. The van der Waals surface area contributed by atoms with Gasteiger partial charge in [-0.25, -0.2) is 13.1 Å². The molecule has 20 heavy (non-hydrogen) atoms. The summed E-state index contributed by atoms with van der Waals surface area (Å²) in [5.41, 5.74) is -0.00736. The molecule has 0 aliphatic heterocycles. The Morgan fingerprint density at radius 2 is 2.20 bits per heavy atom. The van der Waals surface area contributed by atoms with Gasteiger partial charge in [0.2, 0.25) is 10.0 Å². The van der Waals surface area contributed by atoms with Crippen molar-refractivity contribution < 1.29 is 13.5 Å². The molecule has 2 N–H and O–H groups in total. The lowest BCUT2D eigenvalue weighted by molar-refractivity contribution is -0.00751. The van der Waals surface area contributed by atoms with Crippen LogP contribution in [0.3, 0.4) is 0 Å². The van der Waals surface area contributed by atoms with Crippen molar-refractivity contribution in [1.29, 1.82) is 0 Å². The Morgan fingerprint density at radius 1 is 1.45 bits per heavy atom. The van der Waals surface area contributed by atoms with E-state index in [0.717, 1.165) is 18.4 Å². The molecule has 2 atom stereocenters. The topological polar surface area (TPSA) is 66.4 Å². The highest BCUT2D eigenvalue weighted by molar-refractivity contribution is 7.89. The van der Waals surface area contributed by atoms with E-state index in [-0.39, 0.29) is 11.4 Å². The van der Waals surface area contributed by atoms with E-state index in [2.05, 4.69) is 11.6 Å². The standard InChI is InChI=1S/C15H23NO3S/c1-12-5-3-7-14(9-12)20(18,19)16-11-15(17)8-4-6-13(2)10-15/h3,5,7,9,13,16-17H,4,6,8,10-11H2,1-2H3. The summed E-state index contributed by atoms with van der Waals surface area (Å²) in [6, 6.07) is 6.79. The van der Waals surface area contributed by atoms with Crippen LogP contribution in [0.15, 0.2) is 29.2 Å². The molecule has 4 nitrogen and oxygen atoms in total. The van der Waals surface area contributed by atoms with Crippen LogP contribution in [0.5, 0.6) is 0 Å². The highest BCUT2D eigenvalue weighted by Gasteiger charge is 2.33. The van der Waals surface area contributed by atoms with Crippen LogP contribution < -0.4 is 4.72 Å². The average Bonchev–Trinajstić information content (AvgIpc) is 2.37. The predicted octanol–water partition coefficient (Wildman–Crippen LogP) is 2.21. The zero-order valence-electron chi connectivity index (χ0n) is 12.1. The number of rotatable bonds is 4. The molecule has 5 heteroatoms. The van der Waals surface area contributed by atoms with Gasteiger partial charge in [0, 0.05) is 6.54 Å². The number of aliphatic hydroxyl groups is 1. The van der Waals surface area contributed by atoms with E-state index in [1.54, 1.807) is 18.2 Å². The van der Waals surface area contributed by atoms with Crippen molar-refractivity contribution in [3.63, 3.8) is 0 Å². The van der Waals surface area contributed by atoms with Crippen LogP contribution in [-0.2, 0) is 10.0 Å². The minimum absolute atomic E-state index is 0.0909. The summed E-state index contributed by atoms with van der Waals surface area (Å²) >= 11 is 0. The third-order valence-corrected chi connectivity index (χ3v) is 5.36. The molecule has 0 saturated heterocycles. The number of hydrogen-bond acceptors (Lipinski definition) is 3. The Labute approximate surface area is 121 Å². The molecule has 112 valence electrons. The lowest BCUT2D eigenvalue weighted by Gasteiger charge is -2.35. The molecular weight excluding hydrogens is 274 g/mol. The van der Waals surface area contributed by atoms with Crippen molar-refractivity contribution in [3.05, 3.63) is 29.8 Å². The van der Waals surface area contributed by atoms with Gasteiger partial charge in [0.25, 0.3) is 0 Å². The van der Waals surface area contributed by atoms with Crippen molar-refractivity contribution in [1.82, 2.24) is 4.72 Å². The molecule has 0 heterocycles. The molecule has 1 aromatic rings. The predicted molar refractivity (Wildman–Crippen MR) is 78.9 cm³/mol. The molecule has 0 radical (unpaired) electrons. The van der Waals surface area contributed by atoms with E-state index in [0.29, 0.717) is 18.8 Å². The third-order valence-electron chi connectivity index (χ3n) is 3.96. The SMILES string of the molecule is Cc1cccc(S(=O)(=O)NCC2(O)CCCC(C)C2)c1. The highest BCUT2D eigenvalue weighted by Crippen LogP contribution is 2.31. The van der Waals surface area contributed by atoms with E-state index in [4.69, 9.17) is 0 Å². The largest absolute Gasteiger partial charge is 0.389 e. The molecule has 0 bridgehead atoms. The maximum absolute atomic E-state index is 12.2. The lowest BCUT2D eigenvalue weighted by Crippen LogP contribution is -2.45. The van der Waals surface area contributed by atoms with Crippen LogP contribution in [0.25, 0.3) is 0 Å². The number of sulfonamides is 1. The first-order chi connectivity index (χ1) is 9.31. The van der Waals surface area contributed by atoms with Gasteiger partial charge in [-0.05, 0) is 43.4 Å². The Bertz CT molecular complexity index is 570. The van der Waals surface area contributed by atoms with E-state index in [9.17, 15) is 13.5 Å². The first kappa shape index (κ1) is 15.5. The van der Waals surface area contributed by atoms with Crippen molar-refractivity contribution in [2.24, 2.45) is 5.92 Å². The highest BCUT2D eigenvalue weighted by atomic mass is 32.2. The molecule has 0 aromatic heterocycles. The van der Waals surface area contributed by atoms with Crippen LogP contribution >= 0.6 is 0 Å². The normalized spacial score (nSPS) is 27.4.